The second-order valence-corrected chi connectivity index (χ2v) is 7.26. The summed E-state index contributed by atoms with van der Waals surface area (Å²) in [6, 6.07) is 9.34. The molecule has 8 heteroatoms. The monoisotopic (exact) mass is 342 g/mol. The van der Waals surface area contributed by atoms with Crippen LogP contribution in [-0.2, 0) is 15.6 Å². The fraction of sp³-hybridized carbons (Fsp3) is 0.533. The van der Waals surface area contributed by atoms with Gasteiger partial charge in [0.2, 0.25) is 10.0 Å². The molecule has 0 spiro atoms. The Bertz CT molecular complexity index is 600. The lowest BCUT2D eigenvalue weighted by Crippen LogP contribution is -2.42. The molecule has 0 aliphatic heterocycles. The summed E-state index contributed by atoms with van der Waals surface area (Å²) in [4.78, 5) is 4.36. The molecule has 4 N–H and O–H groups in total. The summed E-state index contributed by atoms with van der Waals surface area (Å²) in [5, 5.41) is 16.6. The zero-order valence-electron chi connectivity index (χ0n) is 13.8. The van der Waals surface area contributed by atoms with E-state index in [1.54, 1.807) is 6.92 Å². The number of rotatable bonds is 8. The van der Waals surface area contributed by atoms with Crippen LogP contribution < -0.4 is 15.4 Å². The van der Waals surface area contributed by atoms with Gasteiger partial charge in [0.15, 0.2) is 5.96 Å². The second kappa shape index (κ2) is 8.85. The summed E-state index contributed by atoms with van der Waals surface area (Å²) in [5.74, 6) is 0.527. The Morgan fingerprint density at radius 1 is 1.22 bits per heavy atom. The quantitative estimate of drug-likeness (QED) is 0.302. The molecule has 130 valence electrons. The SMILES string of the molecule is CCNC(=NCC(C)(O)c1ccccc1)NCCNS(C)(=O)=O. The fourth-order valence-electron chi connectivity index (χ4n) is 1.88. The summed E-state index contributed by atoms with van der Waals surface area (Å²) >= 11 is 0. The van der Waals surface area contributed by atoms with Crippen molar-refractivity contribution in [3.05, 3.63) is 35.9 Å². The van der Waals surface area contributed by atoms with Crippen molar-refractivity contribution in [1.29, 1.82) is 0 Å². The van der Waals surface area contributed by atoms with E-state index < -0.39 is 15.6 Å². The van der Waals surface area contributed by atoms with Crippen LogP contribution in [0.15, 0.2) is 35.3 Å². The van der Waals surface area contributed by atoms with Crippen LogP contribution in [-0.4, -0.2) is 51.9 Å². The lowest BCUT2D eigenvalue weighted by Gasteiger charge is -2.22. The fourth-order valence-corrected chi connectivity index (χ4v) is 2.35. The van der Waals surface area contributed by atoms with Crippen LogP contribution in [0.3, 0.4) is 0 Å². The van der Waals surface area contributed by atoms with Gasteiger partial charge in [-0.25, -0.2) is 18.1 Å². The van der Waals surface area contributed by atoms with Crippen LogP contribution in [0.1, 0.15) is 19.4 Å². The summed E-state index contributed by atoms with van der Waals surface area (Å²) in [7, 11) is -3.20. The first-order chi connectivity index (χ1) is 10.7. The Kier molecular flexibility index (Phi) is 7.47. The Balaban J connectivity index is 2.60. The molecule has 0 heterocycles. The van der Waals surface area contributed by atoms with E-state index in [2.05, 4.69) is 20.3 Å². The van der Waals surface area contributed by atoms with Crippen molar-refractivity contribution in [2.24, 2.45) is 4.99 Å². The molecule has 7 nitrogen and oxygen atoms in total. The number of hydrogen-bond donors (Lipinski definition) is 4. The van der Waals surface area contributed by atoms with Crippen molar-refractivity contribution in [3.8, 4) is 0 Å². The molecule has 1 atom stereocenters. The van der Waals surface area contributed by atoms with E-state index in [9.17, 15) is 13.5 Å². The Morgan fingerprint density at radius 3 is 2.43 bits per heavy atom. The molecule has 0 saturated carbocycles. The first-order valence-electron chi connectivity index (χ1n) is 7.49. The third kappa shape index (κ3) is 7.96. The molecule has 0 aliphatic carbocycles. The van der Waals surface area contributed by atoms with Gasteiger partial charge in [-0.15, -0.1) is 0 Å². The number of benzene rings is 1. The zero-order chi connectivity index (χ0) is 17.3. The predicted octanol–water partition coefficient (Wildman–Crippen LogP) is -0.00160. The van der Waals surface area contributed by atoms with E-state index >= 15 is 0 Å². The lowest BCUT2D eigenvalue weighted by atomic mass is 9.96. The third-order valence-corrected chi connectivity index (χ3v) is 3.80. The van der Waals surface area contributed by atoms with Gasteiger partial charge in [-0.05, 0) is 19.4 Å². The summed E-state index contributed by atoms with van der Waals surface area (Å²) < 4.78 is 24.4. The topological polar surface area (TPSA) is 103 Å². The number of sulfonamides is 1. The van der Waals surface area contributed by atoms with Gasteiger partial charge in [0, 0.05) is 19.6 Å². The van der Waals surface area contributed by atoms with Gasteiger partial charge in [0.05, 0.1) is 12.8 Å². The van der Waals surface area contributed by atoms with E-state index in [-0.39, 0.29) is 13.1 Å². The summed E-state index contributed by atoms with van der Waals surface area (Å²) in [6.07, 6.45) is 1.11. The maximum Gasteiger partial charge on any atom is 0.208 e. The van der Waals surface area contributed by atoms with E-state index in [0.29, 0.717) is 19.0 Å². The highest BCUT2D eigenvalue weighted by Crippen LogP contribution is 2.20. The van der Waals surface area contributed by atoms with Crippen molar-refractivity contribution in [2.45, 2.75) is 19.4 Å². The molecule has 1 rings (SSSR count). The second-order valence-electron chi connectivity index (χ2n) is 5.43. The number of nitrogens with zero attached hydrogens (tertiary/aromatic N) is 1. The number of guanidine groups is 1. The lowest BCUT2D eigenvalue weighted by molar-refractivity contribution is 0.0672. The molecule has 1 aromatic carbocycles. The molecule has 0 bridgehead atoms. The maximum absolute atomic E-state index is 11.0. The van der Waals surface area contributed by atoms with E-state index in [4.69, 9.17) is 0 Å². The van der Waals surface area contributed by atoms with Gasteiger partial charge in [-0.3, -0.25) is 0 Å². The average molecular weight is 342 g/mol. The van der Waals surface area contributed by atoms with Crippen LogP contribution in [0.5, 0.6) is 0 Å². The van der Waals surface area contributed by atoms with Crippen LogP contribution in [0.4, 0.5) is 0 Å². The maximum atomic E-state index is 11.0. The minimum absolute atomic E-state index is 0.186. The molecule has 1 unspecified atom stereocenters. The standard InChI is InChI=1S/C15H26N4O3S/c1-4-16-14(17-10-11-19-23(3,21)22)18-12-15(2,20)13-8-6-5-7-9-13/h5-9,19-20H,4,10-12H2,1-3H3,(H2,16,17,18). The number of aliphatic hydroxyl groups is 1. The van der Waals surface area contributed by atoms with Crippen molar-refractivity contribution in [1.82, 2.24) is 15.4 Å². The van der Waals surface area contributed by atoms with Gasteiger partial charge in [0.1, 0.15) is 5.60 Å². The molecular formula is C15H26N4O3S. The summed E-state index contributed by atoms with van der Waals surface area (Å²) in [5.41, 5.74) is -0.285. The molecule has 0 aliphatic rings. The van der Waals surface area contributed by atoms with Crippen LogP contribution in [0.2, 0.25) is 0 Å². The minimum Gasteiger partial charge on any atom is -0.384 e. The largest absolute Gasteiger partial charge is 0.384 e. The highest BCUT2D eigenvalue weighted by molar-refractivity contribution is 7.88. The molecule has 0 fully saturated rings. The first kappa shape index (κ1) is 19.4. The number of nitrogens with one attached hydrogen (secondary N) is 3. The Labute approximate surface area is 138 Å². The highest BCUT2D eigenvalue weighted by Gasteiger charge is 2.22. The normalized spacial score (nSPS) is 15.0. The third-order valence-electron chi connectivity index (χ3n) is 3.07. The van der Waals surface area contributed by atoms with Gasteiger partial charge in [0.25, 0.3) is 0 Å². The highest BCUT2D eigenvalue weighted by atomic mass is 32.2. The number of hydrogen-bond acceptors (Lipinski definition) is 4. The smallest absolute Gasteiger partial charge is 0.208 e. The average Bonchev–Trinajstić information content (AvgIpc) is 2.49. The van der Waals surface area contributed by atoms with Crippen molar-refractivity contribution >= 4 is 16.0 Å². The molecule has 23 heavy (non-hydrogen) atoms. The zero-order valence-corrected chi connectivity index (χ0v) is 14.7. The van der Waals surface area contributed by atoms with Crippen molar-refractivity contribution < 1.29 is 13.5 Å². The van der Waals surface area contributed by atoms with E-state index in [1.165, 1.54) is 0 Å². The predicted molar refractivity (Wildman–Crippen MR) is 92.8 cm³/mol. The van der Waals surface area contributed by atoms with Crippen molar-refractivity contribution in [2.75, 3.05) is 32.4 Å². The summed E-state index contributed by atoms with van der Waals surface area (Å²) in [6.45, 7) is 5.15. The van der Waals surface area contributed by atoms with Gasteiger partial charge < -0.3 is 15.7 Å². The minimum atomic E-state index is -3.20. The molecule has 0 saturated heterocycles. The molecule has 0 aromatic heterocycles. The molecular weight excluding hydrogens is 316 g/mol. The first-order valence-corrected chi connectivity index (χ1v) is 9.38. The van der Waals surface area contributed by atoms with Crippen LogP contribution in [0.25, 0.3) is 0 Å². The molecule has 0 radical (unpaired) electrons. The number of aliphatic imine (C=N–C) groups is 1. The Morgan fingerprint density at radius 2 is 1.87 bits per heavy atom. The van der Waals surface area contributed by atoms with Gasteiger partial charge in [-0.2, -0.15) is 0 Å². The van der Waals surface area contributed by atoms with E-state index in [0.717, 1.165) is 11.8 Å². The van der Waals surface area contributed by atoms with Gasteiger partial charge >= 0.3 is 0 Å². The van der Waals surface area contributed by atoms with Crippen LogP contribution in [0, 0.1) is 0 Å². The Hall–Kier alpha value is -1.64. The van der Waals surface area contributed by atoms with E-state index in [1.807, 2.05) is 37.3 Å². The molecule has 1 aromatic rings. The van der Waals surface area contributed by atoms with Crippen LogP contribution >= 0.6 is 0 Å². The molecule has 0 amide bonds. The van der Waals surface area contributed by atoms with Crippen molar-refractivity contribution in [3.63, 3.8) is 0 Å². The van der Waals surface area contributed by atoms with Gasteiger partial charge in [-0.1, -0.05) is 30.3 Å².